The number of phenols is 1. The monoisotopic (exact) mass is 340 g/mol. The Hall–Kier alpha value is -3.21. The molecule has 0 spiro atoms. The van der Waals surface area contributed by atoms with Crippen molar-refractivity contribution in [3.63, 3.8) is 0 Å². The molecular formula is C20H20O5. The fraction of sp³-hybridized carbons (Fsp3) is 0.150. The minimum absolute atomic E-state index is 0.134. The first-order valence-corrected chi connectivity index (χ1v) is 7.57. The van der Waals surface area contributed by atoms with Crippen LogP contribution in [0.2, 0.25) is 0 Å². The van der Waals surface area contributed by atoms with Gasteiger partial charge in [-0.1, -0.05) is 30.4 Å². The highest BCUT2D eigenvalue weighted by atomic mass is 16.5. The third-order valence-electron chi connectivity index (χ3n) is 3.53. The summed E-state index contributed by atoms with van der Waals surface area (Å²) in [7, 11) is 4.44. The van der Waals surface area contributed by atoms with Crippen LogP contribution in [0.3, 0.4) is 0 Å². The zero-order valence-corrected chi connectivity index (χ0v) is 14.4. The Labute approximate surface area is 146 Å². The van der Waals surface area contributed by atoms with Crippen LogP contribution < -0.4 is 14.2 Å². The van der Waals surface area contributed by atoms with Crippen LogP contribution in [0.25, 0.3) is 6.08 Å². The van der Waals surface area contributed by atoms with Crippen LogP contribution in [0, 0.1) is 0 Å². The molecule has 0 aromatic heterocycles. The molecule has 0 unspecified atom stereocenters. The van der Waals surface area contributed by atoms with Crippen molar-refractivity contribution in [3.05, 3.63) is 65.8 Å². The molecule has 0 radical (unpaired) electrons. The number of rotatable bonds is 7. The maximum absolute atomic E-state index is 12.3. The molecule has 0 heterocycles. The minimum atomic E-state index is -0.226. The van der Waals surface area contributed by atoms with E-state index in [1.54, 1.807) is 19.3 Å². The van der Waals surface area contributed by atoms with E-state index in [0.29, 0.717) is 5.56 Å². The second-order valence-corrected chi connectivity index (χ2v) is 5.09. The molecule has 0 fully saturated rings. The van der Waals surface area contributed by atoms with Gasteiger partial charge in [0.15, 0.2) is 17.3 Å². The van der Waals surface area contributed by atoms with Crippen LogP contribution in [-0.2, 0) is 0 Å². The Kier molecular flexibility index (Phi) is 6.23. The Morgan fingerprint density at radius 3 is 2.04 bits per heavy atom. The first-order chi connectivity index (χ1) is 12.1. The number of allylic oxidation sites excluding steroid dienone is 3. The summed E-state index contributed by atoms with van der Waals surface area (Å²) in [5.41, 5.74) is 1.35. The van der Waals surface area contributed by atoms with Crippen LogP contribution in [0.5, 0.6) is 23.0 Å². The third kappa shape index (κ3) is 4.64. The number of benzene rings is 2. The first-order valence-electron chi connectivity index (χ1n) is 7.57. The number of methoxy groups -OCH3 is 3. The SMILES string of the molecule is COc1ccc(/C=C/C=C/C(=O)c2cc(OC)c(O)c(OC)c2)cc1. The molecule has 25 heavy (non-hydrogen) atoms. The number of hydrogen-bond donors (Lipinski definition) is 1. The van der Waals surface area contributed by atoms with Gasteiger partial charge in [0, 0.05) is 5.56 Å². The molecule has 5 heteroatoms. The molecule has 130 valence electrons. The van der Waals surface area contributed by atoms with Gasteiger partial charge in [-0.25, -0.2) is 0 Å². The second kappa shape index (κ2) is 8.59. The van der Waals surface area contributed by atoms with Gasteiger partial charge in [0.1, 0.15) is 5.75 Å². The van der Waals surface area contributed by atoms with E-state index in [0.717, 1.165) is 11.3 Å². The molecule has 2 rings (SSSR count). The summed E-state index contributed by atoms with van der Waals surface area (Å²) in [6, 6.07) is 10.5. The van der Waals surface area contributed by atoms with E-state index in [2.05, 4.69) is 0 Å². The van der Waals surface area contributed by atoms with Crippen LogP contribution in [-0.4, -0.2) is 32.2 Å². The smallest absolute Gasteiger partial charge is 0.200 e. The van der Waals surface area contributed by atoms with Gasteiger partial charge in [-0.15, -0.1) is 0 Å². The Balaban J connectivity index is 2.10. The van der Waals surface area contributed by atoms with Crippen molar-refractivity contribution in [3.8, 4) is 23.0 Å². The van der Waals surface area contributed by atoms with Gasteiger partial charge in [0.05, 0.1) is 21.3 Å². The van der Waals surface area contributed by atoms with Gasteiger partial charge < -0.3 is 19.3 Å². The number of phenolic OH excluding ortho intramolecular Hbond substituents is 1. The fourth-order valence-corrected chi connectivity index (χ4v) is 2.16. The van der Waals surface area contributed by atoms with Crippen LogP contribution in [0.1, 0.15) is 15.9 Å². The van der Waals surface area contributed by atoms with Gasteiger partial charge in [-0.05, 0) is 35.9 Å². The van der Waals surface area contributed by atoms with E-state index in [1.807, 2.05) is 30.3 Å². The molecule has 0 saturated heterocycles. The van der Waals surface area contributed by atoms with Gasteiger partial charge in [-0.2, -0.15) is 0 Å². The van der Waals surface area contributed by atoms with Gasteiger partial charge in [0.25, 0.3) is 0 Å². The number of carbonyl (C=O) groups excluding carboxylic acids is 1. The van der Waals surface area contributed by atoms with Crippen LogP contribution in [0.15, 0.2) is 54.6 Å². The van der Waals surface area contributed by atoms with Crippen LogP contribution >= 0.6 is 0 Å². The molecule has 0 saturated carbocycles. The van der Waals surface area contributed by atoms with Crippen LogP contribution in [0.4, 0.5) is 0 Å². The predicted octanol–water partition coefficient (Wildman–Crippen LogP) is 3.87. The van der Waals surface area contributed by atoms with Gasteiger partial charge in [-0.3, -0.25) is 4.79 Å². The highest BCUT2D eigenvalue weighted by Gasteiger charge is 2.13. The summed E-state index contributed by atoms with van der Waals surface area (Å²) in [6.45, 7) is 0. The van der Waals surface area contributed by atoms with Crippen molar-refractivity contribution in [1.82, 2.24) is 0 Å². The third-order valence-corrected chi connectivity index (χ3v) is 3.53. The first kappa shape index (κ1) is 18.1. The molecular weight excluding hydrogens is 320 g/mol. The van der Waals surface area contributed by atoms with E-state index in [-0.39, 0.29) is 23.0 Å². The van der Waals surface area contributed by atoms with Gasteiger partial charge in [0.2, 0.25) is 5.75 Å². The lowest BCUT2D eigenvalue weighted by Crippen LogP contribution is -1.97. The van der Waals surface area contributed by atoms with E-state index in [1.165, 1.54) is 32.4 Å². The molecule has 0 bridgehead atoms. The molecule has 0 aliphatic rings. The number of ether oxygens (including phenoxy) is 3. The molecule has 0 amide bonds. The molecule has 2 aromatic carbocycles. The number of carbonyl (C=O) groups is 1. The van der Waals surface area contributed by atoms with E-state index in [4.69, 9.17) is 14.2 Å². The Bertz CT molecular complexity index is 763. The number of aromatic hydroxyl groups is 1. The largest absolute Gasteiger partial charge is 0.502 e. The van der Waals surface area contributed by atoms with Crippen molar-refractivity contribution in [2.24, 2.45) is 0 Å². The van der Waals surface area contributed by atoms with Crippen molar-refractivity contribution in [2.75, 3.05) is 21.3 Å². The summed E-state index contributed by atoms with van der Waals surface area (Å²) in [4.78, 5) is 12.3. The Morgan fingerprint density at radius 1 is 0.920 bits per heavy atom. The fourth-order valence-electron chi connectivity index (χ4n) is 2.16. The second-order valence-electron chi connectivity index (χ2n) is 5.09. The maximum atomic E-state index is 12.3. The summed E-state index contributed by atoms with van der Waals surface area (Å²) in [6.07, 6.45) is 6.74. The number of ketones is 1. The molecule has 2 aromatic rings. The molecule has 0 atom stereocenters. The minimum Gasteiger partial charge on any atom is -0.502 e. The molecule has 5 nitrogen and oxygen atoms in total. The quantitative estimate of drug-likeness (QED) is 0.471. The molecule has 0 aliphatic carbocycles. The average Bonchev–Trinajstić information content (AvgIpc) is 2.65. The van der Waals surface area contributed by atoms with Crippen molar-refractivity contribution in [2.45, 2.75) is 0 Å². The number of hydrogen-bond acceptors (Lipinski definition) is 5. The summed E-state index contributed by atoms with van der Waals surface area (Å²) in [5.74, 6) is 0.800. The van der Waals surface area contributed by atoms with Crippen molar-refractivity contribution >= 4 is 11.9 Å². The van der Waals surface area contributed by atoms with Crippen molar-refractivity contribution in [1.29, 1.82) is 0 Å². The van der Waals surface area contributed by atoms with E-state index < -0.39 is 0 Å². The summed E-state index contributed by atoms with van der Waals surface area (Å²) in [5, 5.41) is 9.87. The maximum Gasteiger partial charge on any atom is 0.200 e. The summed E-state index contributed by atoms with van der Waals surface area (Å²) < 4.78 is 15.2. The van der Waals surface area contributed by atoms with E-state index >= 15 is 0 Å². The van der Waals surface area contributed by atoms with Gasteiger partial charge >= 0.3 is 0 Å². The normalized spacial score (nSPS) is 11.0. The lowest BCUT2D eigenvalue weighted by molar-refractivity contribution is 0.104. The zero-order chi connectivity index (χ0) is 18.2. The topological polar surface area (TPSA) is 65.0 Å². The predicted molar refractivity (Wildman–Crippen MR) is 96.7 cm³/mol. The molecule has 0 aliphatic heterocycles. The van der Waals surface area contributed by atoms with Crippen molar-refractivity contribution < 1.29 is 24.1 Å². The lowest BCUT2D eigenvalue weighted by atomic mass is 10.1. The zero-order valence-electron chi connectivity index (χ0n) is 14.4. The standard InChI is InChI=1S/C20H20O5/c1-23-16-10-8-14(9-11-16)6-4-5-7-17(21)15-12-18(24-2)20(22)19(13-15)25-3/h4-13,22H,1-3H3/b6-4+,7-5+. The summed E-state index contributed by atoms with van der Waals surface area (Å²) >= 11 is 0. The lowest BCUT2D eigenvalue weighted by Gasteiger charge is -2.09. The molecule has 1 N–H and O–H groups in total. The average molecular weight is 340 g/mol. The highest BCUT2D eigenvalue weighted by molar-refractivity contribution is 6.05. The highest BCUT2D eigenvalue weighted by Crippen LogP contribution is 2.37. The Morgan fingerprint density at radius 2 is 1.52 bits per heavy atom. The van der Waals surface area contributed by atoms with E-state index in [9.17, 15) is 9.90 Å².